The maximum atomic E-state index is 9.08. The molecule has 0 aliphatic heterocycles. The molecule has 0 aromatic rings. The number of hydrogen-bond acceptors (Lipinski definition) is 2. The lowest BCUT2D eigenvalue weighted by Gasteiger charge is -2.18. The number of nitrogens with one attached hydrogen (secondary N) is 1. The van der Waals surface area contributed by atoms with Gasteiger partial charge in [-0.2, -0.15) is 0 Å². The highest BCUT2D eigenvalue weighted by molar-refractivity contribution is 4.86. The van der Waals surface area contributed by atoms with Gasteiger partial charge in [0.25, 0.3) is 0 Å². The van der Waals surface area contributed by atoms with Crippen LogP contribution in [0.4, 0.5) is 0 Å². The zero-order valence-electron chi connectivity index (χ0n) is 8.43. The fourth-order valence-electron chi connectivity index (χ4n) is 1.95. The van der Waals surface area contributed by atoms with Crippen molar-refractivity contribution in [1.29, 1.82) is 0 Å². The molecule has 1 fully saturated rings. The van der Waals surface area contributed by atoms with Crippen LogP contribution in [0, 0.1) is 5.41 Å². The first-order valence-electron chi connectivity index (χ1n) is 4.91. The van der Waals surface area contributed by atoms with Crippen molar-refractivity contribution in [1.82, 2.24) is 5.32 Å². The number of aliphatic hydroxyl groups is 1. The topological polar surface area (TPSA) is 32.3 Å². The molecule has 0 amide bonds. The zero-order valence-corrected chi connectivity index (χ0v) is 8.43. The van der Waals surface area contributed by atoms with E-state index >= 15 is 0 Å². The van der Waals surface area contributed by atoms with Crippen LogP contribution in [0.15, 0.2) is 0 Å². The highest BCUT2D eigenvalue weighted by atomic mass is 16.3. The van der Waals surface area contributed by atoms with Crippen molar-refractivity contribution in [3.05, 3.63) is 0 Å². The lowest BCUT2D eigenvalue weighted by Crippen LogP contribution is -2.33. The summed E-state index contributed by atoms with van der Waals surface area (Å²) in [6.45, 7) is 7.20. The van der Waals surface area contributed by atoms with E-state index in [1.165, 1.54) is 19.3 Å². The van der Waals surface area contributed by atoms with Crippen LogP contribution in [0.1, 0.15) is 40.0 Å². The van der Waals surface area contributed by atoms with Gasteiger partial charge in [0.1, 0.15) is 0 Å². The van der Waals surface area contributed by atoms with Gasteiger partial charge in [-0.05, 0) is 31.6 Å². The maximum Gasteiger partial charge on any atom is 0.0636 e. The molecule has 12 heavy (non-hydrogen) atoms. The molecule has 2 atom stereocenters. The van der Waals surface area contributed by atoms with Crippen molar-refractivity contribution in [2.45, 2.75) is 52.2 Å². The lowest BCUT2D eigenvalue weighted by atomic mass is 9.92. The monoisotopic (exact) mass is 171 g/mol. The second-order valence-electron chi connectivity index (χ2n) is 4.86. The SMILES string of the molecule is CC(O)CNC1CCC(C)(C)C1. The maximum absolute atomic E-state index is 9.08. The molecule has 0 saturated heterocycles. The first-order chi connectivity index (χ1) is 5.49. The van der Waals surface area contributed by atoms with E-state index in [0.717, 1.165) is 6.54 Å². The Balaban J connectivity index is 2.20. The van der Waals surface area contributed by atoms with Crippen molar-refractivity contribution >= 4 is 0 Å². The van der Waals surface area contributed by atoms with E-state index in [-0.39, 0.29) is 6.10 Å². The summed E-state index contributed by atoms with van der Waals surface area (Å²) in [6, 6.07) is 0.634. The number of hydrogen-bond donors (Lipinski definition) is 2. The molecule has 0 heterocycles. The first-order valence-corrected chi connectivity index (χ1v) is 4.91. The molecule has 72 valence electrons. The number of rotatable bonds is 3. The third-order valence-corrected chi connectivity index (χ3v) is 2.67. The zero-order chi connectivity index (χ0) is 9.19. The predicted octanol–water partition coefficient (Wildman–Crippen LogP) is 1.54. The van der Waals surface area contributed by atoms with E-state index in [1.54, 1.807) is 0 Å². The Labute approximate surface area is 75.4 Å². The fourth-order valence-corrected chi connectivity index (χ4v) is 1.95. The van der Waals surface area contributed by atoms with Gasteiger partial charge in [-0.1, -0.05) is 13.8 Å². The summed E-state index contributed by atoms with van der Waals surface area (Å²) >= 11 is 0. The lowest BCUT2D eigenvalue weighted by molar-refractivity contribution is 0.185. The molecular formula is C10H21NO. The molecule has 0 aromatic heterocycles. The van der Waals surface area contributed by atoms with E-state index in [9.17, 15) is 0 Å². The smallest absolute Gasteiger partial charge is 0.0636 e. The second-order valence-corrected chi connectivity index (χ2v) is 4.86. The van der Waals surface area contributed by atoms with E-state index < -0.39 is 0 Å². The van der Waals surface area contributed by atoms with Crippen molar-refractivity contribution < 1.29 is 5.11 Å². The summed E-state index contributed by atoms with van der Waals surface area (Å²) in [5, 5.41) is 12.5. The van der Waals surface area contributed by atoms with Gasteiger partial charge in [-0.15, -0.1) is 0 Å². The van der Waals surface area contributed by atoms with Crippen LogP contribution in [-0.2, 0) is 0 Å². The van der Waals surface area contributed by atoms with Gasteiger partial charge in [0, 0.05) is 12.6 Å². The summed E-state index contributed by atoms with van der Waals surface area (Å²) in [5.41, 5.74) is 0.510. The summed E-state index contributed by atoms with van der Waals surface area (Å²) in [4.78, 5) is 0. The minimum Gasteiger partial charge on any atom is -0.392 e. The summed E-state index contributed by atoms with van der Waals surface area (Å²) < 4.78 is 0. The van der Waals surface area contributed by atoms with Crippen LogP contribution in [0.2, 0.25) is 0 Å². The van der Waals surface area contributed by atoms with Crippen LogP contribution in [0.3, 0.4) is 0 Å². The van der Waals surface area contributed by atoms with Crippen molar-refractivity contribution in [2.24, 2.45) is 5.41 Å². The van der Waals surface area contributed by atoms with E-state index in [0.29, 0.717) is 11.5 Å². The van der Waals surface area contributed by atoms with Crippen LogP contribution < -0.4 is 5.32 Å². The largest absolute Gasteiger partial charge is 0.392 e. The highest BCUT2D eigenvalue weighted by Gasteiger charge is 2.30. The Hall–Kier alpha value is -0.0800. The molecule has 0 bridgehead atoms. The van der Waals surface area contributed by atoms with E-state index in [1.807, 2.05) is 6.92 Å². The van der Waals surface area contributed by atoms with Crippen LogP contribution in [0.5, 0.6) is 0 Å². The standard InChI is InChI=1S/C10H21NO/c1-8(12)7-11-9-4-5-10(2,3)6-9/h8-9,11-12H,4-7H2,1-3H3. The van der Waals surface area contributed by atoms with E-state index in [2.05, 4.69) is 19.2 Å². The van der Waals surface area contributed by atoms with Crippen molar-refractivity contribution in [3.8, 4) is 0 Å². The molecule has 0 aromatic carbocycles. The Morgan fingerprint density at radius 1 is 1.58 bits per heavy atom. The van der Waals surface area contributed by atoms with Gasteiger partial charge in [0.15, 0.2) is 0 Å². The van der Waals surface area contributed by atoms with Crippen LogP contribution in [0.25, 0.3) is 0 Å². The third kappa shape index (κ3) is 3.11. The number of aliphatic hydroxyl groups excluding tert-OH is 1. The van der Waals surface area contributed by atoms with Gasteiger partial charge in [0.2, 0.25) is 0 Å². The van der Waals surface area contributed by atoms with Gasteiger partial charge in [0.05, 0.1) is 6.10 Å². The molecule has 1 aliphatic rings. The third-order valence-electron chi connectivity index (χ3n) is 2.67. The normalized spacial score (nSPS) is 30.5. The molecule has 2 nitrogen and oxygen atoms in total. The van der Waals surface area contributed by atoms with Crippen molar-refractivity contribution in [3.63, 3.8) is 0 Å². The summed E-state index contributed by atoms with van der Waals surface area (Å²) in [5.74, 6) is 0. The first kappa shape index (κ1) is 10.0. The minimum atomic E-state index is -0.214. The minimum absolute atomic E-state index is 0.214. The molecule has 1 aliphatic carbocycles. The Kier molecular flexibility index (Phi) is 3.13. The second kappa shape index (κ2) is 3.75. The van der Waals surface area contributed by atoms with Crippen LogP contribution in [-0.4, -0.2) is 23.8 Å². The summed E-state index contributed by atoms with van der Waals surface area (Å²) in [6.07, 6.45) is 3.61. The van der Waals surface area contributed by atoms with Crippen LogP contribution >= 0.6 is 0 Å². The van der Waals surface area contributed by atoms with Crippen molar-refractivity contribution in [2.75, 3.05) is 6.54 Å². The molecular weight excluding hydrogens is 150 g/mol. The predicted molar refractivity (Wildman–Crippen MR) is 51.1 cm³/mol. The molecule has 2 heteroatoms. The molecule has 2 unspecified atom stereocenters. The van der Waals surface area contributed by atoms with Gasteiger partial charge >= 0.3 is 0 Å². The molecule has 2 N–H and O–H groups in total. The van der Waals surface area contributed by atoms with Gasteiger partial charge in [-0.3, -0.25) is 0 Å². The Morgan fingerprint density at radius 2 is 2.25 bits per heavy atom. The summed E-state index contributed by atoms with van der Waals surface area (Å²) in [7, 11) is 0. The van der Waals surface area contributed by atoms with Gasteiger partial charge in [-0.25, -0.2) is 0 Å². The Bertz CT molecular complexity index is 143. The van der Waals surface area contributed by atoms with E-state index in [4.69, 9.17) is 5.11 Å². The average molecular weight is 171 g/mol. The molecule has 0 spiro atoms. The highest BCUT2D eigenvalue weighted by Crippen LogP contribution is 2.36. The molecule has 1 saturated carbocycles. The fraction of sp³-hybridized carbons (Fsp3) is 1.00. The quantitative estimate of drug-likeness (QED) is 0.675. The Morgan fingerprint density at radius 3 is 2.67 bits per heavy atom. The molecule has 0 radical (unpaired) electrons. The van der Waals surface area contributed by atoms with Gasteiger partial charge < -0.3 is 10.4 Å². The average Bonchev–Trinajstić information content (AvgIpc) is 2.26. The molecule has 1 rings (SSSR count).